The van der Waals surface area contributed by atoms with Gasteiger partial charge in [0.1, 0.15) is 5.82 Å². The third-order valence-electron chi connectivity index (χ3n) is 8.55. The summed E-state index contributed by atoms with van der Waals surface area (Å²) in [4.78, 5) is 2.46. The van der Waals surface area contributed by atoms with E-state index in [4.69, 9.17) is 0 Å². The molecule has 2 aliphatic rings. The summed E-state index contributed by atoms with van der Waals surface area (Å²) in [7, 11) is 0.357. The molecule has 2 aromatic carbocycles. The summed E-state index contributed by atoms with van der Waals surface area (Å²) in [5.41, 5.74) is 4.64. The number of sulfonamides is 1. The molecule has 5 rings (SSSR count). The van der Waals surface area contributed by atoms with Gasteiger partial charge in [0, 0.05) is 24.5 Å². The predicted molar refractivity (Wildman–Crippen MR) is 162 cm³/mol. The third-order valence-corrected chi connectivity index (χ3v) is 10.4. The van der Waals surface area contributed by atoms with Gasteiger partial charge in [-0.1, -0.05) is 50.6 Å². The predicted octanol–water partition coefficient (Wildman–Crippen LogP) is 5.15. The smallest absolute Gasteiger partial charge is 0.243 e. The number of hydrogen-bond donors (Lipinski definition) is 2. The second-order valence-electron chi connectivity index (χ2n) is 12.8. The number of nitrogens with zero attached hydrogens (tertiary/aromatic N) is 3. The van der Waals surface area contributed by atoms with Gasteiger partial charge in [0.2, 0.25) is 10.0 Å². The number of benzene rings is 2. The van der Waals surface area contributed by atoms with Crippen LogP contribution in [0.2, 0.25) is 0 Å². The topological polar surface area (TPSA) is 81.3 Å². The first kappa shape index (κ1) is 29.6. The van der Waals surface area contributed by atoms with E-state index in [0.29, 0.717) is 30.8 Å². The van der Waals surface area contributed by atoms with E-state index in [9.17, 15) is 12.8 Å². The van der Waals surface area contributed by atoms with Gasteiger partial charge in [-0.3, -0.25) is 5.10 Å². The Balaban J connectivity index is 1.55. The van der Waals surface area contributed by atoms with Gasteiger partial charge >= 0.3 is 0 Å². The number of aromatic nitrogens is 2. The third kappa shape index (κ3) is 6.04. The summed E-state index contributed by atoms with van der Waals surface area (Å²) in [6.45, 7) is 8.74. The van der Waals surface area contributed by atoms with E-state index in [1.807, 2.05) is 30.5 Å². The van der Waals surface area contributed by atoms with Gasteiger partial charge in [-0.15, -0.1) is 0 Å². The van der Waals surface area contributed by atoms with Crippen molar-refractivity contribution < 1.29 is 12.8 Å². The largest absolute Gasteiger partial charge is 0.309 e. The van der Waals surface area contributed by atoms with Crippen molar-refractivity contribution in [1.29, 1.82) is 0 Å². The van der Waals surface area contributed by atoms with Gasteiger partial charge < -0.3 is 10.2 Å². The van der Waals surface area contributed by atoms with Crippen LogP contribution in [0.5, 0.6) is 0 Å². The maximum Gasteiger partial charge on any atom is 0.243 e. The van der Waals surface area contributed by atoms with Crippen LogP contribution in [0.3, 0.4) is 0 Å². The minimum Gasteiger partial charge on any atom is -0.309 e. The van der Waals surface area contributed by atoms with Gasteiger partial charge in [0.15, 0.2) is 0 Å². The fourth-order valence-corrected chi connectivity index (χ4v) is 7.77. The van der Waals surface area contributed by atoms with Crippen molar-refractivity contribution in [3.63, 3.8) is 0 Å². The monoisotopic (exact) mass is 579 g/mol. The molecule has 2 atom stereocenters. The van der Waals surface area contributed by atoms with Crippen LogP contribution in [0.1, 0.15) is 62.0 Å². The molecule has 0 bridgehead atoms. The Labute approximate surface area is 243 Å². The Morgan fingerprint density at radius 1 is 1.12 bits per heavy atom. The molecule has 0 radical (unpaired) electrons. The van der Waals surface area contributed by atoms with E-state index < -0.39 is 15.4 Å². The first-order valence-electron chi connectivity index (χ1n) is 14.4. The number of H-pyrrole nitrogens is 1. The van der Waals surface area contributed by atoms with E-state index in [1.54, 1.807) is 16.4 Å². The van der Waals surface area contributed by atoms with Gasteiger partial charge in [0.25, 0.3) is 0 Å². The van der Waals surface area contributed by atoms with Crippen molar-refractivity contribution in [2.75, 3.05) is 40.3 Å². The lowest BCUT2D eigenvalue weighted by atomic mass is 9.63. The Bertz CT molecular complexity index is 1490. The number of hydrogen-bond acceptors (Lipinski definition) is 5. The highest BCUT2D eigenvalue weighted by Crippen LogP contribution is 2.51. The molecule has 1 fully saturated rings. The van der Waals surface area contributed by atoms with Crippen LogP contribution in [0, 0.1) is 11.2 Å². The van der Waals surface area contributed by atoms with Crippen LogP contribution in [-0.2, 0) is 21.9 Å². The molecule has 0 amide bonds. The summed E-state index contributed by atoms with van der Waals surface area (Å²) >= 11 is 0. The standard InChI is InChI=1S/C32H42FN5O2S/c1-31(2,3)25-9-13-28(14-10-25)41(39,40)38-18-15-26-19-29-24(21-35-36-29)20-32(26,22-38)30(34-16-6-17-37(4)5)23-7-11-27(33)12-8-23/h7-14,19,21,30,34H,6,15-18,20,22H2,1-5H3,(H,35,36)/t30-,32?/m0/s1. The highest BCUT2D eigenvalue weighted by Gasteiger charge is 2.50. The molecule has 7 nitrogen and oxygen atoms in total. The summed E-state index contributed by atoms with van der Waals surface area (Å²) in [6.07, 6.45) is 6.17. The number of halogens is 1. The van der Waals surface area contributed by atoms with Gasteiger partial charge in [-0.25, -0.2) is 12.8 Å². The Kier molecular flexibility index (Phi) is 8.27. The van der Waals surface area contributed by atoms with E-state index in [-0.39, 0.29) is 17.3 Å². The fourth-order valence-electron chi connectivity index (χ4n) is 6.26. The van der Waals surface area contributed by atoms with Gasteiger partial charge in [-0.2, -0.15) is 9.40 Å². The quantitative estimate of drug-likeness (QED) is 0.343. The van der Waals surface area contributed by atoms with Crippen LogP contribution < -0.4 is 5.32 Å². The second kappa shape index (κ2) is 11.4. The first-order valence-corrected chi connectivity index (χ1v) is 15.8. The molecular formula is C32H42FN5O2S. The maximum absolute atomic E-state index is 14.1. The highest BCUT2D eigenvalue weighted by atomic mass is 32.2. The van der Waals surface area contributed by atoms with Crippen LogP contribution in [0.25, 0.3) is 6.08 Å². The Morgan fingerprint density at radius 2 is 1.83 bits per heavy atom. The van der Waals surface area contributed by atoms with Crippen LogP contribution in [-0.4, -0.2) is 68.1 Å². The van der Waals surface area contributed by atoms with Gasteiger partial charge in [0.05, 0.1) is 16.8 Å². The molecule has 1 aromatic heterocycles. The average molecular weight is 580 g/mol. The van der Waals surface area contributed by atoms with Crippen molar-refractivity contribution in [3.8, 4) is 0 Å². The zero-order valence-electron chi connectivity index (χ0n) is 24.7. The molecule has 9 heteroatoms. The SMILES string of the molecule is CN(C)CCCN[C@@H](c1ccc(F)cc1)C12Cc3cn[nH]c3C=C1CCN(S(=O)(=O)c1ccc(C(C)(C)C)cc1)C2. The summed E-state index contributed by atoms with van der Waals surface area (Å²) in [5, 5.41) is 11.2. The Morgan fingerprint density at radius 3 is 2.49 bits per heavy atom. The van der Waals surface area contributed by atoms with E-state index in [0.717, 1.165) is 41.9 Å². The first-order chi connectivity index (χ1) is 19.4. The minimum absolute atomic E-state index is 0.0673. The summed E-state index contributed by atoms with van der Waals surface area (Å²) in [6, 6.07) is 13.7. The molecule has 0 spiro atoms. The Hall–Kier alpha value is -2.85. The van der Waals surface area contributed by atoms with Crippen molar-refractivity contribution in [2.45, 2.75) is 56.4 Å². The molecule has 1 saturated heterocycles. The molecule has 220 valence electrons. The minimum atomic E-state index is -3.75. The zero-order valence-corrected chi connectivity index (χ0v) is 25.6. The molecular weight excluding hydrogens is 537 g/mol. The molecule has 1 aliphatic carbocycles. The summed E-state index contributed by atoms with van der Waals surface area (Å²) in [5.74, 6) is -0.291. The summed E-state index contributed by atoms with van der Waals surface area (Å²) < 4.78 is 43.9. The normalized spacial score (nSPS) is 20.4. The molecule has 1 unspecified atom stereocenters. The van der Waals surface area contributed by atoms with Crippen molar-refractivity contribution >= 4 is 16.1 Å². The van der Waals surface area contributed by atoms with Gasteiger partial charge in [-0.05, 0) is 98.9 Å². The second-order valence-corrected chi connectivity index (χ2v) is 14.7. The van der Waals surface area contributed by atoms with E-state index in [1.165, 1.54) is 17.7 Å². The highest BCUT2D eigenvalue weighted by molar-refractivity contribution is 7.89. The zero-order chi connectivity index (χ0) is 29.4. The molecule has 2 heterocycles. The lowest BCUT2D eigenvalue weighted by Gasteiger charge is -2.50. The van der Waals surface area contributed by atoms with Crippen LogP contribution in [0.4, 0.5) is 4.39 Å². The number of fused-ring (bicyclic) bond motifs is 2. The molecule has 2 N–H and O–H groups in total. The average Bonchev–Trinajstić information content (AvgIpc) is 3.38. The molecule has 1 aliphatic heterocycles. The fraction of sp³-hybridized carbons (Fsp3) is 0.469. The number of aromatic amines is 1. The number of piperidine rings is 1. The van der Waals surface area contributed by atoms with E-state index in [2.05, 4.69) is 61.4 Å². The van der Waals surface area contributed by atoms with E-state index >= 15 is 0 Å². The lowest BCUT2D eigenvalue weighted by molar-refractivity contribution is 0.151. The van der Waals surface area contributed by atoms with Crippen LogP contribution in [0.15, 0.2) is 65.2 Å². The van der Waals surface area contributed by atoms with Crippen molar-refractivity contribution in [2.24, 2.45) is 5.41 Å². The van der Waals surface area contributed by atoms with Crippen molar-refractivity contribution in [1.82, 2.24) is 24.7 Å². The molecule has 0 saturated carbocycles. The molecule has 3 aromatic rings. The molecule has 41 heavy (non-hydrogen) atoms. The van der Waals surface area contributed by atoms with Crippen LogP contribution >= 0.6 is 0 Å². The van der Waals surface area contributed by atoms with Crippen molar-refractivity contribution in [3.05, 3.63) is 88.5 Å². The maximum atomic E-state index is 14.1. The number of rotatable bonds is 9. The number of nitrogens with one attached hydrogen (secondary N) is 2. The lowest BCUT2D eigenvalue weighted by Crippen LogP contribution is -2.54.